The number of carbonyl (C=O) groups is 1. The second-order valence-electron chi connectivity index (χ2n) is 7.20. The highest BCUT2D eigenvalue weighted by Gasteiger charge is 2.35. The molecule has 0 spiro atoms. The van der Waals surface area contributed by atoms with E-state index in [1.807, 2.05) is 26.0 Å². The minimum absolute atomic E-state index is 0.0159. The number of hydrogen-bond acceptors (Lipinski definition) is 4. The Kier molecular flexibility index (Phi) is 6.03. The van der Waals surface area contributed by atoms with E-state index in [-0.39, 0.29) is 30.6 Å². The van der Waals surface area contributed by atoms with E-state index in [2.05, 4.69) is 0 Å². The fraction of sp³-hybridized carbons (Fsp3) is 0.381. The molecule has 1 atom stereocenters. The van der Waals surface area contributed by atoms with Gasteiger partial charge in [-0.05, 0) is 49.6 Å². The van der Waals surface area contributed by atoms with E-state index in [4.69, 9.17) is 4.74 Å². The van der Waals surface area contributed by atoms with Crippen LogP contribution in [0, 0.1) is 19.7 Å². The van der Waals surface area contributed by atoms with E-state index < -0.39 is 21.7 Å². The summed E-state index contributed by atoms with van der Waals surface area (Å²) in [7, 11) is -3.18. The van der Waals surface area contributed by atoms with Crippen LogP contribution in [0.15, 0.2) is 42.5 Å². The maximum Gasteiger partial charge on any atom is 0.261 e. The van der Waals surface area contributed by atoms with E-state index in [1.54, 1.807) is 24.3 Å². The minimum atomic E-state index is -3.18. The third-order valence-electron chi connectivity index (χ3n) is 5.11. The molecule has 150 valence electrons. The van der Waals surface area contributed by atoms with Gasteiger partial charge in [0, 0.05) is 18.2 Å². The first-order valence-electron chi connectivity index (χ1n) is 9.18. The summed E-state index contributed by atoms with van der Waals surface area (Å²) >= 11 is 0. The van der Waals surface area contributed by atoms with Crippen LogP contribution < -0.4 is 4.74 Å². The molecule has 0 aliphatic carbocycles. The van der Waals surface area contributed by atoms with E-state index in [9.17, 15) is 17.6 Å². The molecule has 1 amide bonds. The third-order valence-corrected chi connectivity index (χ3v) is 6.86. The normalized spacial score (nSPS) is 18.0. The number of nitrogens with zero attached hydrogens (tertiary/aromatic N) is 1. The highest BCUT2D eigenvalue weighted by atomic mass is 32.2. The number of aryl methyl sites for hydroxylation is 2. The SMILES string of the molecule is Cc1ccc(OCC(=O)N(Cc2ccccc2F)[C@@H]2CCS(=O)(=O)C2)cc1C. The lowest BCUT2D eigenvalue weighted by Crippen LogP contribution is -2.43. The minimum Gasteiger partial charge on any atom is -0.484 e. The Morgan fingerprint density at radius 3 is 2.57 bits per heavy atom. The topological polar surface area (TPSA) is 63.7 Å². The van der Waals surface area contributed by atoms with Crippen molar-refractivity contribution in [2.75, 3.05) is 18.1 Å². The lowest BCUT2D eigenvalue weighted by atomic mass is 10.1. The van der Waals surface area contributed by atoms with Gasteiger partial charge in [-0.3, -0.25) is 4.79 Å². The summed E-state index contributed by atoms with van der Waals surface area (Å²) in [6, 6.07) is 11.3. The summed E-state index contributed by atoms with van der Waals surface area (Å²) in [5, 5.41) is 0. The smallest absolute Gasteiger partial charge is 0.261 e. The third kappa shape index (κ3) is 4.90. The van der Waals surface area contributed by atoms with Crippen molar-refractivity contribution in [1.82, 2.24) is 4.90 Å². The fourth-order valence-electron chi connectivity index (χ4n) is 3.28. The quantitative estimate of drug-likeness (QED) is 0.741. The first kappa shape index (κ1) is 20.3. The van der Waals surface area contributed by atoms with Crippen LogP contribution in [0.3, 0.4) is 0 Å². The van der Waals surface area contributed by atoms with Gasteiger partial charge in [0.25, 0.3) is 5.91 Å². The van der Waals surface area contributed by atoms with Crippen molar-refractivity contribution in [3.63, 3.8) is 0 Å². The Morgan fingerprint density at radius 2 is 1.93 bits per heavy atom. The summed E-state index contributed by atoms with van der Waals surface area (Å²) in [4.78, 5) is 14.3. The van der Waals surface area contributed by atoms with Crippen LogP contribution in [-0.2, 0) is 21.2 Å². The number of carbonyl (C=O) groups excluding carboxylic acids is 1. The molecule has 2 aromatic rings. The van der Waals surface area contributed by atoms with Crippen LogP contribution in [0.2, 0.25) is 0 Å². The van der Waals surface area contributed by atoms with Gasteiger partial charge in [0.15, 0.2) is 16.4 Å². The summed E-state index contributed by atoms with van der Waals surface area (Å²) < 4.78 is 43.5. The zero-order valence-corrected chi connectivity index (χ0v) is 16.8. The lowest BCUT2D eigenvalue weighted by molar-refractivity contribution is -0.136. The second-order valence-corrected chi connectivity index (χ2v) is 9.43. The monoisotopic (exact) mass is 405 g/mol. The van der Waals surface area contributed by atoms with Crippen molar-refractivity contribution in [2.24, 2.45) is 0 Å². The van der Waals surface area contributed by atoms with Gasteiger partial charge >= 0.3 is 0 Å². The summed E-state index contributed by atoms with van der Waals surface area (Å²) in [5.74, 6) is -0.269. The van der Waals surface area contributed by atoms with Crippen LogP contribution in [0.4, 0.5) is 4.39 Å². The van der Waals surface area contributed by atoms with Gasteiger partial charge in [-0.2, -0.15) is 0 Å². The molecule has 0 unspecified atom stereocenters. The second kappa shape index (κ2) is 8.31. The van der Waals surface area contributed by atoms with Gasteiger partial charge < -0.3 is 9.64 Å². The summed E-state index contributed by atoms with van der Waals surface area (Å²) in [6.07, 6.45) is 0.353. The molecule has 5 nitrogen and oxygen atoms in total. The molecule has 1 aliphatic rings. The number of halogens is 1. The fourth-order valence-corrected chi connectivity index (χ4v) is 5.01. The molecule has 0 bridgehead atoms. The van der Waals surface area contributed by atoms with Gasteiger partial charge in [-0.15, -0.1) is 0 Å². The largest absolute Gasteiger partial charge is 0.484 e. The molecule has 0 aromatic heterocycles. The molecule has 0 radical (unpaired) electrons. The van der Waals surface area contributed by atoms with E-state index in [1.165, 1.54) is 11.0 Å². The van der Waals surface area contributed by atoms with Crippen LogP contribution in [-0.4, -0.2) is 43.4 Å². The maximum absolute atomic E-state index is 14.1. The standard InChI is InChI=1S/C21H24FNO4S/c1-15-7-8-19(11-16(15)2)27-13-21(24)23(18-9-10-28(25,26)14-18)12-17-5-3-4-6-20(17)22/h3-8,11,18H,9-10,12-14H2,1-2H3/t18-/m1/s1. The average molecular weight is 405 g/mol. The van der Waals surface area contributed by atoms with E-state index >= 15 is 0 Å². The van der Waals surface area contributed by atoms with Crippen LogP contribution in [0.1, 0.15) is 23.1 Å². The van der Waals surface area contributed by atoms with Crippen molar-refractivity contribution in [1.29, 1.82) is 0 Å². The van der Waals surface area contributed by atoms with Crippen molar-refractivity contribution < 1.29 is 22.3 Å². The Balaban J connectivity index is 1.76. The number of ether oxygens (including phenoxy) is 1. The maximum atomic E-state index is 14.1. The molecule has 28 heavy (non-hydrogen) atoms. The van der Waals surface area contributed by atoms with Crippen molar-refractivity contribution in [2.45, 2.75) is 32.9 Å². The molecule has 1 saturated heterocycles. The predicted molar refractivity (Wildman–Crippen MR) is 105 cm³/mol. The highest BCUT2D eigenvalue weighted by molar-refractivity contribution is 7.91. The van der Waals surface area contributed by atoms with Crippen LogP contribution in [0.5, 0.6) is 5.75 Å². The molecule has 7 heteroatoms. The number of amides is 1. The molecular formula is C21H24FNO4S. The molecule has 3 rings (SSSR count). The van der Waals surface area contributed by atoms with Crippen molar-refractivity contribution in [3.05, 3.63) is 65.0 Å². The van der Waals surface area contributed by atoms with Gasteiger partial charge in [0.05, 0.1) is 11.5 Å². The van der Waals surface area contributed by atoms with Gasteiger partial charge in [-0.25, -0.2) is 12.8 Å². The summed E-state index contributed by atoms with van der Waals surface area (Å²) in [5.41, 5.74) is 2.53. The molecular weight excluding hydrogens is 381 g/mol. The lowest BCUT2D eigenvalue weighted by Gasteiger charge is -2.28. The molecule has 0 N–H and O–H groups in total. The Hall–Kier alpha value is -2.41. The number of hydrogen-bond donors (Lipinski definition) is 0. The first-order chi connectivity index (χ1) is 13.2. The Morgan fingerprint density at radius 1 is 1.18 bits per heavy atom. The van der Waals surface area contributed by atoms with Gasteiger partial charge in [0.1, 0.15) is 11.6 Å². The zero-order valence-electron chi connectivity index (χ0n) is 16.0. The van der Waals surface area contributed by atoms with E-state index in [0.717, 1.165) is 11.1 Å². The molecule has 1 aliphatic heterocycles. The van der Waals surface area contributed by atoms with Crippen LogP contribution in [0.25, 0.3) is 0 Å². The zero-order chi connectivity index (χ0) is 20.3. The number of benzene rings is 2. The Bertz CT molecular complexity index is 974. The van der Waals surface area contributed by atoms with Crippen molar-refractivity contribution >= 4 is 15.7 Å². The van der Waals surface area contributed by atoms with Crippen LogP contribution >= 0.6 is 0 Å². The highest BCUT2D eigenvalue weighted by Crippen LogP contribution is 2.22. The average Bonchev–Trinajstić information content (AvgIpc) is 3.01. The number of rotatable bonds is 6. The van der Waals surface area contributed by atoms with E-state index in [0.29, 0.717) is 17.7 Å². The molecule has 1 heterocycles. The van der Waals surface area contributed by atoms with Gasteiger partial charge in [0.2, 0.25) is 0 Å². The molecule has 2 aromatic carbocycles. The Labute approximate surface area is 165 Å². The summed E-state index contributed by atoms with van der Waals surface area (Å²) in [6.45, 7) is 3.73. The molecule has 0 saturated carbocycles. The first-order valence-corrected chi connectivity index (χ1v) is 11.0. The van der Waals surface area contributed by atoms with Crippen molar-refractivity contribution in [3.8, 4) is 5.75 Å². The predicted octanol–water partition coefficient (Wildman–Crippen LogP) is 3.04. The van der Waals surface area contributed by atoms with Gasteiger partial charge in [-0.1, -0.05) is 24.3 Å². The molecule has 1 fully saturated rings. The number of sulfone groups is 1.